The summed E-state index contributed by atoms with van der Waals surface area (Å²) in [6.45, 7) is 4.13. The zero-order chi connectivity index (χ0) is 22.8. The Morgan fingerprint density at radius 2 is 2.06 bits per heavy atom. The van der Waals surface area contributed by atoms with E-state index in [-0.39, 0.29) is 13.0 Å². The monoisotopic (exact) mass is 465 g/mol. The van der Waals surface area contributed by atoms with Crippen molar-refractivity contribution in [2.24, 2.45) is 12.2 Å². The lowest BCUT2D eigenvalue weighted by molar-refractivity contribution is -0.120. The molecule has 3 aromatic rings. The summed E-state index contributed by atoms with van der Waals surface area (Å²) in [5.41, 5.74) is 2.80. The van der Waals surface area contributed by atoms with Gasteiger partial charge < -0.3 is 9.88 Å². The average Bonchev–Trinajstić information content (AvgIpc) is 3.20. The van der Waals surface area contributed by atoms with Crippen LogP contribution in [0.25, 0.3) is 16.7 Å². The second-order valence-corrected chi connectivity index (χ2v) is 9.84. The van der Waals surface area contributed by atoms with Gasteiger partial charge in [0.2, 0.25) is 15.9 Å². The number of hydrogen-bond acceptors (Lipinski definition) is 4. The third kappa shape index (κ3) is 5.11. The van der Waals surface area contributed by atoms with Crippen LogP contribution in [-0.4, -0.2) is 40.5 Å². The highest BCUT2D eigenvalue weighted by Gasteiger charge is 2.28. The molecule has 0 bridgehead atoms. The number of nitrogens with one attached hydrogen (secondary N) is 1. The van der Waals surface area contributed by atoms with Crippen molar-refractivity contribution in [2.75, 3.05) is 6.54 Å². The van der Waals surface area contributed by atoms with Crippen LogP contribution in [0.1, 0.15) is 37.4 Å². The molecule has 0 saturated carbocycles. The fourth-order valence-corrected chi connectivity index (χ4v) is 4.90. The van der Waals surface area contributed by atoms with Crippen molar-refractivity contribution >= 4 is 38.4 Å². The number of rotatable bonds is 9. The van der Waals surface area contributed by atoms with Crippen molar-refractivity contribution in [2.45, 2.75) is 44.8 Å². The molecule has 0 fully saturated rings. The van der Waals surface area contributed by atoms with Crippen LogP contribution in [0.3, 0.4) is 0 Å². The van der Waals surface area contributed by atoms with Gasteiger partial charge in [0.15, 0.2) is 5.25 Å². The maximum absolute atomic E-state index is 12.5. The molecule has 0 aliphatic rings. The lowest BCUT2D eigenvalue weighted by atomic mass is 10.1. The van der Waals surface area contributed by atoms with Crippen LogP contribution in [0.15, 0.2) is 30.5 Å². The van der Waals surface area contributed by atoms with Gasteiger partial charge in [0.1, 0.15) is 5.82 Å². The van der Waals surface area contributed by atoms with Gasteiger partial charge in [0.25, 0.3) is 0 Å². The predicted molar refractivity (Wildman–Crippen MR) is 123 cm³/mol. The number of nitrogens with zero attached hydrogens (tertiary/aromatic N) is 3. The van der Waals surface area contributed by atoms with E-state index >= 15 is 0 Å². The van der Waals surface area contributed by atoms with E-state index in [1.165, 1.54) is 0 Å². The minimum Gasteiger partial charge on any atom is -0.355 e. The number of aryl methyl sites for hydroxylation is 2. The van der Waals surface area contributed by atoms with Gasteiger partial charge in [-0.25, -0.2) is 13.6 Å². The van der Waals surface area contributed by atoms with Gasteiger partial charge in [0, 0.05) is 35.8 Å². The average molecular weight is 466 g/mol. The molecule has 3 rings (SSSR count). The number of hydrogen-bond donors (Lipinski definition) is 2. The molecule has 31 heavy (non-hydrogen) atoms. The van der Waals surface area contributed by atoms with Crippen LogP contribution in [0.5, 0.6) is 0 Å². The summed E-state index contributed by atoms with van der Waals surface area (Å²) >= 11 is 6.11. The molecule has 0 saturated heterocycles. The largest absolute Gasteiger partial charge is 0.355 e. The standard InChI is InChI=1S/C21H28ClN5O3S/c1-4-5-6-19(31(23,29)30)20(28)24-11-9-17-14(2)25-26(3)21(17)27-12-10-15-13-16(22)7-8-18(15)27/h7-8,10,12-13,19H,4-6,9,11H2,1-3H3,(H,24,28)(H2,23,29,30). The number of primary sulfonamides is 1. The Balaban J connectivity index is 1.81. The number of halogens is 1. The first-order valence-corrected chi connectivity index (χ1v) is 12.2. The van der Waals surface area contributed by atoms with Gasteiger partial charge in [-0.1, -0.05) is 31.4 Å². The molecule has 1 atom stereocenters. The summed E-state index contributed by atoms with van der Waals surface area (Å²) in [6, 6.07) is 7.68. The third-order valence-electron chi connectivity index (χ3n) is 5.38. The molecule has 3 N–H and O–H groups in total. The van der Waals surface area contributed by atoms with Gasteiger partial charge in [0.05, 0.1) is 11.2 Å². The number of carbonyl (C=O) groups is 1. The number of sulfonamides is 1. The molecule has 0 aliphatic carbocycles. The van der Waals surface area contributed by atoms with E-state index in [9.17, 15) is 13.2 Å². The first kappa shape index (κ1) is 23.3. The molecule has 0 aliphatic heterocycles. The predicted octanol–water partition coefficient (Wildman–Crippen LogP) is 2.83. The number of nitrogens with two attached hydrogens (primary N) is 1. The Morgan fingerprint density at radius 3 is 2.74 bits per heavy atom. The van der Waals surface area contributed by atoms with E-state index in [4.69, 9.17) is 16.7 Å². The van der Waals surface area contributed by atoms with Crippen LogP contribution in [0, 0.1) is 6.92 Å². The molecule has 0 radical (unpaired) electrons. The minimum absolute atomic E-state index is 0.219. The van der Waals surface area contributed by atoms with Crippen LogP contribution in [0.2, 0.25) is 5.02 Å². The van der Waals surface area contributed by atoms with Crippen molar-refractivity contribution < 1.29 is 13.2 Å². The number of unbranched alkanes of at least 4 members (excludes halogenated alkanes) is 1. The van der Waals surface area contributed by atoms with Crippen molar-refractivity contribution in [3.8, 4) is 5.82 Å². The maximum atomic E-state index is 12.5. The van der Waals surface area contributed by atoms with Gasteiger partial charge in [-0.2, -0.15) is 5.10 Å². The second-order valence-electron chi connectivity index (χ2n) is 7.66. The van der Waals surface area contributed by atoms with Crippen LogP contribution >= 0.6 is 11.6 Å². The fourth-order valence-electron chi connectivity index (χ4n) is 3.84. The van der Waals surface area contributed by atoms with Crippen molar-refractivity contribution in [1.29, 1.82) is 0 Å². The summed E-state index contributed by atoms with van der Waals surface area (Å²) in [6.07, 6.45) is 4.08. The summed E-state index contributed by atoms with van der Waals surface area (Å²) in [4.78, 5) is 12.5. The van der Waals surface area contributed by atoms with Gasteiger partial charge in [-0.15, -0.1) is 0 Å². The molecule has 1 amide bonds. The molecule has 8 nitrogen and oxygen atoms in total. The zero-order valence-electron chi connectivity index (χ0n) is 17.9. The van der Waals surface area contributed by atoms with Crippen molar-refractivity contribution in [1.82, 2.24) is 19.7 Å². The quantitative estimate of drug-likeness (QED) is 0.506. The van der Waals surface area contributed by atoms with Gasteiger partial charge in [-0.05, 0) is 44.0 Å². The topological polar surface area (TPSA) is 112 Å². The lowest BCUT2D eigenvalue weighted by Gasteiger charge is -2.15. The van der Waals surface area contributed by atoms with E-state index < -0.39 is 21.2 Å². The molecule has 1 unspecified atom stereocenters. The molecular weight excluding hydrogens is 438 g/mol. The van der Waals surface area contributed by atoms with Crippen LogP contribution in [0.4, 0.5) is 0 Å². The summed E-state index contributed by atoms with van der Waals surface area (Å²) in [5, 5.41) is 13.0. The SMILES string of the molecule is CCCCC(C(=O)NCCc1c(C)nn(C)c1-n1ccc2cc(Cl)ccc21)S(N)(=O)=O. The first-order valence-electron chi connectivity index (χ1n) is 10.2. The molecule has 10 heteroatoms. The molecular formula is C21H28ClN5O3S. The number of amides is 1. The molecule has 2 aromatic heterocycles. The van der Waals surface area contributed by atoms with Crippen LogP contribution < -0.4 is 10.5 Å². The summed E-state index contributed by atoms with van der Waals surface area (Å²) < 4.78 is 27.5. The Hall–Kier alpha value is -2.36. The fraction of sp³-hybridized carbons (Fsp3) is 0.429. The Morgan fingerprint density at radius 1 is 1.32 bits per heavy atom. The van der Waals surface area contributed by atoms with E-state index in [0.29, 0.717) is 17.9 Å². The highest BCUT2D eigenvalue weighted by molar-refractivity contribution is 7.90. The Bertz CT molecular complexity index is 1200. The van der Waals surface area contributed by atoms with Gasteiger partial charge >= 0.3 is 0 Å². The number of carbonyl (C=O) groups excluding carboxylic acids is 1. The number of aromatic nitrogens is 3. The van der Waals surface area contributed by atoms with Gasteiger partial charge in [-0.3, -0.25) is 9.48 Å². The summed E-state index contributed by atoms with van der Waals surface area (Å²) in [5.74, 6) is 0.332. The lowest BCUT2D eigenvalue weighted by Crippen LogP contribution is -2.43. The second kappa shape index (κ2) is 9.42. The third-order valence-corrected chi connectivity index (χ3v) is 6.85. The summed E-state index contributed by atoms with van der Waals surface area (Å²) in [7, 11) is -2.08. The van der Waals surface area contributed by atoms with E-state index in [0.717, 1.165) is 34.4 Å². The number of benzene rings is 1. The molecule has 168 valence electrons. The Kier molecular flexibility index (Phi) is 7.08. The van der Waals surface area contributed by atoms with E-state index in [1.54, 1.807) is 4.68 Å². The van der Waals surface area contributed by atoms with Crippen LogP contribution in [-0.2, 0) is 28.3 Å². The molecule has 1 aromatic carbocycles. The highest BCUT2D eigenvalue weighted by atomic mass is 35.5. The number of fused-ring (bicyclic) bond motifs is 1. The van der Waals surface area contributed by atoms with Crippen molar-refractivity contribution in [3.05, 3.63) is 46.7 Å². The van der Waals surface area contributed by atoms with E-state index in [1.807, 2.05) is 55.9 Å². The minimum atomic E-state index is -3.95. The first-order chi connectivity index (χ1) is 14.6. The molecule has 2 heterocycles. The maximum Gasteiger partial charge on any atom is 0.239 e. The smallest absolute Gasteiger partial charge is 0.239 e. The zero-order valence-corrected chi connectivity index (χ0v) is 19.5. The highest BCUT2D eigenvalue weighted by Crippen LogP contribution is 2.26. The van der Waals surface area contributed by atoms with Crippen molar-refractivity contribution in [3.63, 3.8) is 0 Å². The Labute approximate surface area is 187 Å². The molecule has 0 spiro atoms. The van der Waals surface area contributed by atoms with E-state index in [2.05, 4.69) is 10.4 Å². The normalized spacial score (nSPS) is 12.9.